The van der Waals surface area contributed by atoms with Crippen LogP contribution in [0.1, 0.15) is 34.3 Å². The highest BCUT2D eigenvalue weighted by atomic mass is 16.2. The van der Waals surface area contributed by atoms with E-state index in [-0.39, 0.29) is 17.9 Å². The van der Waals surface area contributed by atoms with E-state index < -0.39 is 0 Å². The van der Waals surface area contributed by atoms with E-state index in [2.05, 4.69) is 17.0 Å². The van der Waals surface area contributed by atoms with Gasteiger partial charge in [-0.15, -0.1) is 0 Å². The van der Waals surface area contributed by atoms with E-state index in [1.807, 2.05) is 59.2 Å². The van der Waals surface area contributed by atoms with Crippen LogP contribution in [0.2, 0.25) is 0 Å². The van der Waals surface area contributed by atoms with Crippen molar-refractivity contribution in [3.8, 4) is 0 Å². The summed E-state index contributed by atoms with van der Waals surface area (Å²) in [5.74, 6) is 0.334. The van der Waals surface area contributed by atoms with Gasteiger partial charge in [0.25, 0.3) is 5.91 Å². The van der Waals surface area contributed by atoms with Crippen molar-refractivity contribution in [3.63, 3.8) is 0 Å². The van der Waals surface area contributed by atoms with Gasteiger partial charge >= 0.3 is 0 Å². The highest BCUT2D eigenvalue weighted by Gasteiger charge is 2.36. The van der Waals surface area contributed by atoms with Gasteiger partial charge in [0.05, 0.1) is 6.04 Å². The van der Waals surface area contributed by atoms with Crippen LogP contribution >= 0.6 is 0 Å². The third-order valence-corrected chi connectivity index (χ3v) is 6.12. The first-order valence-corrected chi connectivity index (χ1v) is 10.5. The third kappa shape index (κ3) is 4.35. The molecule has 0 aliphatic carbocycles. The van der Waals surface area contributed by atoms with Crippen LogP contribution in [0.15, 0.2) is 54.6 Å². The Bertz CT molecular complexity index is 867. The fraction of sp³-hybridized carbons (Fsp3) is 0.417. The molecule has 2 aromatic rings. The Balaban J connectivity index is 1.37. The lowest BCUT2D eigenvalue weighted by Crippen LogP contribution is -2.44. The molecule has 5 nitrogen and oxygen atoms in total. The van der Waals surface area contributed by atoms with E-state index in [0.29, 0.717) is 13.1 Å². The van der Waals surface area contributed by atoms with Crippen molar-refractivity contribution in [2.45, 2.75) is 32.4 Å². The van der Waals surface area contributed by atoms with Gasteiger partial charge in [0.1, 0.15) is 0 Å². The molecule has 0 N–H and O–H groups in total. The van der Waals surface area contributed by atoms with Gasteiger partial charge in [-0.2, -0.15) is 0 Å². The molecular weight excluding hydrogens is 362 g/mol. The number of carbonyl (C=O) groups is 2. The number of carbonyl (C=O) groups excluding carboxylic acids is 2. The van der Waals surface area contributed by atoms with Crippen LogP contribution in [0.4, 0.5) is 0 Å². The zero-order valence-electron chi connectivity index (χ0n) is 17.1. The normalized spacial score (nSPS) is 20.7. The van der Waals surface area contributed by atoms with Crippen LogP contribution in [-0.4, -0.2) is 65.3 Å². The molecule has 29 heavy (non-hydrogen) atoms. The second-order valence-corrected chi connectivity index (χ2v) is 8.05. The van der Waals surface area contributed by atoms with Crippen LogP contribution in [0, 0.1) is 6.92 Å². The van der Waals surface area contributed by atoms with E-state index in [9.17, 15) is 9.59 Å². The number of rotatable bonds is 4. The molecule has 1 unspecified atom stereocenters. The summed E-state index contributed by atoms with van der Waals surface area (Å²) in [5, 5.41) is 0. The van der Waals surface area contributed by atoms with Gasteiger partial charge in [-0.25, -0.2) is 0 Å². The topological polar surface area (TPSA) is 43.9 Å². The van der Waals surface area contributed by atoms with E-state index >= 15 is 0 Å². The molecule has 2 fully saturated rings. The second-order valence-electron chi connectivity index (χ2n) is 8.05. The van der Waals surface area contributed by atoms with Gasteiger partial charge in [0.2, 0.25) is 5.91 Å². The van der Waals surface area contributed by atoms with Crippen LogP contribution in [0.25, 0.3) is 0 Å². The van der Waals surface area contributed by atoms with Crippen molar-refractivity contribution in [1.82, 2.24) is 14.7 Å². The molecular formula is C24H29N3O2. The third-order valence-electron chi connectivity index (χ3n) is 6.12. The minimum absolute atomic E-state index is 0.0489. The molecule has 0 spiro atoms. The van der Waals surface area contributed by atoms with Crippen molar-refractivity contribution >= 4 is 11.8 Å². The van der Waals surface area contributed by atoms with Crippen LogP contribution in [0.3, 0.4) is 0 Å². The molecule has 2 amide bonds. The lowest BCUT2D eigenvalue weighted by atomic mass is 10.1. The average molecular weight is 392 g/mol. The van der Waals surface area contributed by atoms with Gasteiger partial charge in [-0.3, -0.25) is 14.5 Å². The fourth-order valence-electron chi connectivity index (χ4n) is 4.46. The molecule has 2 saturated heterocycles. The first-order valence-electron chi connectivity index (χ1n) is 10.5. The van der Waals surface area contributed by atoms with Gasteiger partial charge in [-0.1, -0.05) is 48.5 Å². The molecule has 4 rings (SSSR count). The molecule has 0 bridgehead atoms. The zero-order valence-corrected chi connectivity index (χ0v) is 17.1. The average Bonchev–Trinajstić information content (AvgIpc) is 2.94. The summed E-state index contributed by atoms with van der Waals surface area (Å²) in [6, 6.07) is 17.9. The van der Waals surface area contributed by atoms with Crippen molar-refractivity contribution in [1.29, 1.82) is 0 Å². The molecule has 152 valence electrons. The summed E-state index contributed by atoms with van der Waals surface area (Å²) < 4.78 is 0. The highest BCUT2D eigenvalue weighted by Crippen LogP contribution is 2.22. The van der Waals surface area contributed by atoms with Crippen LogP contribution in [0.5, 0.6) is 0 Å². The Morgan fingerprint density at radius 1 is 0.931 bits per heavy atom. The highest BCUT2D eigenvalue weighted by molar-refractivity contribution is 5.95. The number of likely N-dealkylation sites (tertiary alicyclic amines) is 1. The molecule has 5 heteroatoms. The Morgan fingerprint density at radius 2 is 1.69 bits per heavy atom. The Labute approximate surface area is 172 Å². The minimum atomic E-state index is -0.0489. The van der Waals surface area contributed by atoms with Crippen LogP contribution < -0.4 is 0 Å². The lowest BCUT2D eigenvalue weighted by Gasteiger charge is -2.27. The summed E-state index contributed by atoms with van der Waals surface area (Å²) in [7, 11) is 0. The number of nitrogens with zero attached hydrogens (tertiary/aromatic N) is 3. The Kier molecular flexibility index (Phi) is 5.95. The van der Waals surface area contributed by atoms with Crippen LogP contribution in [-0.2, 0) is 11.3 Å². The number of hydrogen-bond acceptors (Lipinski definition) is 3. The summed E-state index contributed by atoms with van der Waals surface area (Å²) >= 11 is 0. The SMILES string of the molecule is Cc1ccccc1C(=O)N1CCCN(C2CCN(Cc3ccccc3)C2=O)CC1. The fourth-order valence-corrected chi connectivity index (χ4v) is 4.46. The predicted molar refractivity (Wildman–Crippen MR) is 114 cm³/mol. The van der Waals surface area contributed by atoms with Gasteiger partial charge in [0.15, 0.2) is 0 Å². The summed E-state index contributed by atoms with van der Waals surface area (Å²) in [4.78, 5) is 32.2. The molecule has 2 heterocycles. The summed E-state index contributed by atoms with van der Waals surface area (Å²) in [5.41, 5.74) is 2.97. The van der Waals surface area contributed by atoms with Crippen molar-refractivity contribution < 1.29 is 9.59 Å². The maximum Gasteiger partial charge on any atom is 0.254 e. The van der Waals surface area contributed by atoms with E-state index in [4.69, 9.17) is 0 Å². The maximum atomic E-state index is 13.0. The lowest BCUT2D eigenvalue weighted by molar-refractivity contribution is -0.132. The Hall–Kier alpha value is -2.66. The predicted octanol–water partition coefficient (Wildman–Crippen LogP) is 2.94. The van der Waals surface area contributed by atoms with E-state index in [1.54, 1.807) is 0 Å². The molecule has 2 aromatic carbocycles. The number of benzene rings is 2. The molecule has 0 radical (unpaired) electrons. The molecule has 0 aromatic heterocycles. The van der Waals surface area contributed by atoms with Gasteiger partial charge in [0, 0.05) is 44.8 Å². The first-order chi connectivity index (χ1) is 14.1. The monoisotopic (exact) mass is 391 g/mol. The minimum Gasteiger partial charge on any atom is -0.337 e. The molecule has 2 aliphatic heterocycles. The van der Waals surface area contributed by atoms with Crippen molar-refractivity contribution in [3.05, 3.63) is 71.3 Å². The molecule has 2 aliphatic rings. The second kappa shape index (κ2) is 8.78. The number of aryl methyl sites for hydroxylation is 1. The smallest absolute Gasteiger partial charge is 0.254 e. The quantitative estimate of drug-likeness (QED) is 0.805. The van der Waals surface area contributed by atoms with E-state index in [1.165, 1.54) is 5.56 Å². The molecule has 0 saturated carbocycles. The van der Waals surface area contributed by atoms with E-state index in [0.717, 1.165) is 50.1 Å². The van der Waals surface area contributed by atoms with Gasteiger partial charge < -0.3 is 9.80 Å². The van der Waals surface area contributed by atoms with Crippen molar-refractivity contribution in [2.75, 3.05) is 32.7 Å². The largest absolute Gasteiger partial charge is 0.337 e. The maximum absolute atomic E-state index is 13.0. The standard InChI is InChI=1S/C24H29N3O2/c1-19-8-5-6-11-21(19)23(28)26-14-7-13-25(16-17-26)22-12-15-27(24(22)29)18-20-9-3-2-4-10-20/h2-6,8-11,22H,7,12-18H2,1H3. The van der Waals surface area contributed by atoms with Gasteiger partial charge in [-0.05, 0) is 37.0 Å². The summed E-state index contributed by atoms with van der Waals surface area (Å²) in [6.07, 6.45) is 1.78. The number of hydrogen-bond donors (Lipinski definition) is 0. The zero-order chi connectivity index (χ0) is 20.2. The molecule has 1 atom stereocenters. The number of amides is 2. The first kappa shape index (κ1) is 19.6. The summed E-state index contributed by atoms with van der Waals surface area (Å²) in [6.45, 7) is 6.52. The van der Waals surface area contributed by atoms with Crippen molar-refractivity contribution in [2.24, 2.45) is 0 Å². The Morgan fingerprint density at radius 3 is 2.48 bits per heavy atom.